The number of nitrogens with zero attached hydrogens (tertiary/aromatic N) is 2. The van der Waals surface area contributed by atoms with Crippen molar-refractivity contribution in [3.63, 3.8) is 0 Å². The smallest absolute Gasteiger partial charge is 0.282 e. The van der Waals surface area contributed by atoms with Crippen LogP contribution in [0.3, 0.4) is 0 Å². The summed E-state index contributed by atoms with van der Waals surface area (Å²) in [5.41, 5.74) is 0.686. The van der Waals surface area contributed by atoms with Gasteiger partial charge in [-0.1, -0.05) is 0 Å². The van der Waals surface area contributed by atoms with Crippen LogP contribution in [0.1, 0.15) is 18.9 Å². The van der Waals surface area contributed by atoms with Gasteiger partial charge >= 0.3 is 0 Å². The summed E-state index contributed by atoms with van der Waals surface area (Å²) >= 11 is 0. The van der Waals surface area contributed by atoms with Crippen LogP contribution in [0.15, 0.2) is 27.0 Å². The van der Waals surface area contributed by atoms with Crippen LogP contribution in [0.5, 0.6) is 0 Å². The van der Waals surface area contributed by atoms with E-state index in [1.807, 2.05) is 0 Å². The molecule has 0 unspecified atom stereocenters. The Morgan fingerprint density at radius 3 is 1.95 bits per heavy atom. The minimum absolute atomic E-state index is 0.00174. The molecule has 2 N–H and O–H groups in total. The molecule has 0 aromatic heterocycles. The van der Waals surface area contributed by atoms with Crippen LogP contribution in [0.2, 0.25) is 0 Å². The van der Waals surface area contributed by atoms with Gasteiger partial charge in [0.1, 0.15) is 9.79 Å². The predicted octanol–water partition coefficient (Wildman–Crippen LogP) is 0.601. The molecule has 0 saturated heterocycles. The van der Waals surface area contributed by atoms with Crippen LogP contribution < -0.4 is 5.01 Å². The van der Waals surface area contributed by atoms with Crippen LogP contribution in [0, 0.1) is 6.92 Å². The van der Waals surface area contributed by atoms with Gasteiger partial charge in [-0.05, 0) is 31.5 Å². The lowest BCUT2D eigenvalue weighted by Crippen LogP contribution is -2.21. The molecule has 120 valence electrons. The summed E-state index contributed by atoms with van der Waals surface area (Å²) in [5, 5.41) is 4.85. The number of benzene rings is 1. The molecule has 0 spiro atoms. The molecule has 1 aromatic rings. The molecule has 1 heterocycles. The highest BCUT2D eigenvalue weighted by atomic mass is 32.2. The Balaban J connectivity index is 2.78. The van der Waals surface area contributed by atoms with Crippen molar-refractivity contribution in [2.45, 2.75) is 30.1 Å². The van der Waals surface area contributed by atoms with Gasteiger partial charge in [0.2, 0.25) is 0 Å². The number of anilines is 1. The Morgan fingerprint density at radius 2 is 1.55 bits per heavy atom. The van der Waals surface area contributed by atoms with E-state index < -0.39 is 35.9 Å². The van der Waals surface area contributed by atoms with Crippen molar-refractivity contribution in [1.29, 1.82) is 0 Å². The standard InChI is InChI=1S/C11H12N2O7S2/c1-6-3-9(21(15,16)17)10(22(18,19)20)5-8(6)13-11(14)4-7(2)12-13/h3,5H,4H2,1-2H3,(H,15,16,17)(H,18,19,20). The molecule has 1 aliphatic heterocycles. The van der Waals surface area contributed by atoms with Gasteiger partial charge in [0, 0.05) is 5.71 Å². The maximum Gasteiger partial charge on any atom is 0.295 e. The Labute approximate surface area is 126 Å². The second-order valence-corrected chi connectivity index (χ2v) is 7.53. The van der Waals surface area contributed by atoms with E-state index >= 15 is 0 Å². The van der Waals surface area contributed by atoms with Crippen molar-refractivity contribution in [3.8, 4) is 0 Å². The number of carbonyl (C=O) groups is 1. The molecular weight excluding hydrogens is 336 g/mol. The van der Waals surface area contributed by atoms with Crippen molar-refractivity contribution in [3.05, 3.63) is 17.7 Å². The minimum Gasteiger partial charge on any atom is -0.282 e. The van der Waals surface area contributed by atoms with Crippen molar-refractivity contribution in [1.82, 2.24) is 0 Å². The molecule has 2 rings (SSSR count). The topological polar surface area (TPSA) is 141 Å². The van der Waals surface area contributed by atoms with Gasteiger partial charge in [0.25, 0.3) is 26.1 Å². The van der Waals surface area contributed by atoms with Gasteiger partial charge in [-0.3, -0.25) is 13.9 Å². The maximum absolute atomic E-state index is 11.8. The molecule has 0 bridgehead atoms. The fourth-order valence-electron chi connectivity index (χ4n) is 2.03. The van der Waals surface area contributed by atoms with E-state index in [1.54, 1.807) is 6.92 Å². The van der Waals surface area contributed by atoms with Gasteiger partial charge in [-0.25, -0.2) is 5.01 Å². The molecule has 0 aliphatic carbocycles. The third-order valence-corrected chi connectivity index (χ3v) is 4.88. The number of carbonyl (C=O) groups excluding carboxylic acids is 1. The highest BCUT2D eigenvalue weighted by Crippen LogP contribution is 2.32. The van der Waals surface area contributed by atoms with E-state index in [1.165, 1.54) is 6.92 Å². The van der Waals surface area contributed by atoms with Crippen molar-refractivity contribution < 1.29 is 30.7 Å². The molecule has 0 atom stereocenters. The summed E-state index contributed by atoms with van der Waals surface area (Å²) in [7, 11) is -9.82. The number of hydrazone groups is 1. The van der Waals surface area contributed by atoms with E-state index in [0.717, 1.165) is 17.1 Å². The molecule has 1 amide bonds. The first-order chi connectivity index (χ1) is 9.91. The lowest BCUT2D eigenvalue weighted by molar-refractivity contribution is -0.116. The van der Waals surface area contributed by atoms with Gasteiger partial charge in [-0.2, -0.15) is 21.9 Å². The minimum atomic E-state index is -4.94. The zero-order valence-corrected chi connectivity index (χ0v) is 13.1. The molecule has 22 heavy (non-hydrogen) atoms. The van der Waals surface area contributed by atoms with Crippen LogP contribution in [0.4, 0.5) is 5.69 Å². The number of rotatable bonds is 3. The summed E-state index contributed by atoms with van der Waals surface area (Å²) in [6, 6.07) is 1.64. The number of hydrogen-bond donors (Lipinski definition) is 2. The van der Waals surface area contributed by atoms with Crippen molar-refractivity contribution >= 4 is 37.5 Å². The van der Waals surface area contributed by atoms with Gasteiger partial charge in [0.05, 0.1) is 12.1 Å². The average molecular weight is 348 g/mol. The third kappa shape index (κ3) is 3.02. The summed E-state index contributed by atoms with van der Waals surface area (Å²) in [5.74, 6) is -0.429. The second kappa shape index (κ2) is 5.12. The number of hydrogen-bond acceptors (Lipinski definition) is 6. The van der Waals surface area contributed by atoms with E-state index in [0.29, 0.717) is 5.71 Å². The molecule has 0 fully saturated rings. The second-order valence-electron chi connectivity index (χ2n) is 4.75. The van der Waals surface area contributed by atoms with E-state index in [4.69, 9.17) is 9.11 Å². The van der Waals surface area contributed by atoms with E-state index in [9.17, 15) is 21.6 Å². The first kappa shape index (κ1) is 16.5. The molecule has 0 saturated carbocycles. The zero-order valence-electron chi connectivity index (χ0n) is 11.5. The highest BCUT2D eigenvalue weighted by molar-refractivity contribution is 7.89. The predicted molar refractivity (Wildman–Crippen MR) is 76.0 cm³/mol. The molecule has 1 aliphatic rings. The third-order valence-electron chi connectivity index (χ3n) is 2.96. The molecule has 9 nitrogen and oxygen atoms in total. The van der Waals surface area contributed by atoms with Crippen LogP contribution >= 0.6 is 0 Å². The summed E-state index contributed by atoms with van der Waals surface area (Å²) < 4.78 is 63.5. The Morgan fingerprint density at radius 1 is 1.05 bits per heavy atom. The summed E-state index contributed by atoms with van der Waals surface area (Å²) in [6.45, 7) is 3.01. The SMILES string of the molecule is CC1=NN(c2cc(S(=O)(=O)O)c(S(=O)(=O)O)cc2C)C(=O)C1. The van der Waals surface area contributed by atoms with Gasteiger partial charge in [0.15, 0.2) is 0 Å². The molecule has 0 radical (unpaired) electrons. The van der Waals surface area contributed by atoms with E-state index in [-0.39, 0.29) is 17.7 Å². The number of amides is 1. The lowest BCUT2D eigenvalue weighted by Gasteiger charge is -2.17. The highest BCUT2D eigenvalue weighted by Gasteiger charge is 2.30. The maximum atomic E-state index is 11.8. The first-order valence-electron chi connectivity index (χ1n) is 5.88. The van der Waals surface area contributed by atoms with Crippen LogP contribution in [-0.2, 0) is 25.0 Å². The largest absolute Gasteiger partial charge is 0.295 e. The van der Waals surface area contributed by atoms with Crippen molar-refractivity contribution in [2.75, 3.05) is 5.01 Å². The monoisotopic (exact) mass is 348 g/mol. The van der Waals surface area contributed by atoms with Crippen LogP contribution in [-0.4, -0.2) is 37.6 Å². The average Bonchev–Trinajstić information content (AvgIpc) is 2.65. The summed E-state index contributed by atoms with van der Waals surface area (Å²) in [6.07, 6.45) is 0.0424. The first-order valence-corrected chi connectivity index (χ1v) is 8.76. The molecule has 11 heteroatoms. The van der Waals surface area contributed by atoms with Crippen molar-refractivity contribution in [2.24, 2.45) is 5.10 Å². The summed E-state index contributed by atoms with van der Waals surface area (Å²) in [4.78, 5) is 9.82. The Bertz CT molecular complexity index is 901. The quantitative estimate of drug-likeness (QED) is 0.762. The van der Waals surface area contributed by atoms with Gasteiger partial charge in [-0.15, -0.1) is 0 Å². The van der Waals surface area contributed by atoms with Crippen LogP contribution in [0.25, 0.3) is 0 Å². The van der Waals surface area contributed by atoms with E-state index in [2.05, 4.69) is 5.10 Å². The Hall–Kier alpha value is -1.82. The molecular formula is C11H12N2O7S2. The van der Waals surface area contributed by atoms with Gasteiger partial charge < -0.3 is 0 Å². The zero-order chi connectivity index (χ0) is 16.9. The number of aryl methyl sites for hydroxylation is 1. The lowest BCUT2D eigenvalue weighted by atomic mass is 10.2. The normalized spacial score (nSPS) is 16.1. The Kier molecular flexibility index (Phi) is 3.85. The molecule has 1 aromatic carbocycles. The fraction of sp³-hybridized carbons (Fsp3) is 0.273. The fourth-order valence-corrected chi connectivity index (χ4v) is 3.87.